The van der Waals surface area contributed by atoms with Crippen LogP contribution >= 0.6 is 0 Å². The topological polar surface area (TPSA) is 52.8 Å². The van der Waals surface area contributed by atoms with Gasteiger partial charge in [0.2, 0.25) is 0 Å². The van der Waals surface area contributed by atoms with Crippen molar-refractivity contribution in [3.63, 3.8) is 0 Å². The van der Waals surface area contributed by atoms with Crippen molar-refractivity contribution < 1.29 is 0 Å². The van der Waals surface area contributed by atoms with Crippen LogP contribution in [-0.2, 0) is 0 Å². The van der Waals surface area contributed by atoms with Crippen LogP contribution in [0.2, 0.25) is 0 Å². The molecule has 1 heterocycles. The molecule has 0 fully saturated rings. The van der Waals surface area contributed by atoms with Gasteiger partial charge in [0.25, 0.3) is 0 Å². The molecule has 0 atom stereocenters. The summed E-state index contributed by atoms with van der Waals surface area (Å²) < 4.78 is 0. The van der Waals surface area contributed by atoms with Crippen LogP contribution in [0.15, 0.2) is 42.7 Å². The molecule has 4 nitrogen and oxygen atoms in total. The molecule has 0 saturated carbocycles. The van der Waals surface area contributed by atoms with Gasteiger partial charge in [-0.3, -0.25) is 0 Å². The van der Waals surface area contributed by atoms with Crippen molar-refractivity contribution in [1.82, 2.24) is 9.97 Å². The van der Waals surface area contributed by atoms with E-state index in [9.17, 15) is 0 Å². The fraction of sp³-hybridized carbons (Fsp3) is 0.214. The first-order chi connectivity index (χ1) is 8.81. The van der Waals surface area contributed by atoms with E-state index in [1.54, 1.807) is 6.33 Å². The maximum Gasteiger partial charge on any atom is 0.136 e. The molecule has 90 valence electrons. The van der Waals surface area contributed by atoms with E-state index >= 15 is 0 Å². The van der Waals surface area contributed by atoms with E-state index in [0.29, 0.717) is 13.0 Å². The van der Waals surface area contributed by atoms with Crippen molar-refractivity contribution in [2.75, 3.05) is 11.4 Å². The number of aryl methyl sites for hydroxylation is 1. The first kappa shape index (κ1) is 12.1. The Labute approximate surface area is 107 Å². The van der Waals surface area contributed by atoms with Crippen LogP contribution in [0.5, 0.6) is 0 Å². The van der Waals surface area contributed by atoms with Gasteiger partial charge >= 0.3 is 0 Å². The summed E-state index contributed by atoms with van der Waals surface area (Å²) in [5, 5.41) is 8.75. The van der Waals surface area contributed by atoms with Crippen LogP contribution in [0, 0.1) is 18.3 Å². The zero-order chi connectivity index (χ0) is 12.8. The van der Waals surface area contributed by atoms with E-state index in [4.69, 9.17) is 5.26 Å². The van der Waals surface area contributed by atoms with Gasteiger partial charge in [-0.15, -0.1) is 0 Å². The van der Waals surface area contributed by atoms with Gasteiger partial charge in [-0.05, 0) is 19.1 Å². The number of para-hydroxylation sites is 1. The molecule has 1 aromatic carbocycles. The number of anilines is 2. The maximum absolute atomic E-state index is 8.75. The van der Waals surface area contributed by atoms with E-state index in [0.717, 1.165) is 17.2 Å². The number of rotatable bonds is 4. The predicted octanol–water partition coefficient (Wildman–Crippen LogP) is 2.84. The van der Waals surface area contributed by atoms with Gasteiger partial charge in [0.15, 0.2) is 0 Å². The lowest BCUT2D eigenvalue weighted by atomic mass is 10.2. The van der Waals surface area contributed by atoms with Crippen molar-refractivity contribution in [2.45, 2.75) is 13.3 Å². The number of nitrogens with zero attached hydrogens (tertiary/aromatic N) is 4. The molecule has 0 radical (unpaired) electrons. The van der Waals surface area contributed by atoms with E-state index in [-0.39, 0.29) is 0 Å². The SMILES string of the molecule is Cc1cc(N(CCC#N)c2ccccc2)ncn1. The molecule has 4 heteroatoms. The fourth-order valence-electron chi connectivity index (χ4n) is 1.73. The summed E-state index contributed by atoms with van der Waals surface area (Å²) in [6, 6.07) is 14.0. The molecule has 0 bridgehead atoms. The maximum atomic E-state index is 8.75. The summed E-state index contributed by atoms with van der Waals surface area (Å²) in [6.45, 7) is 2.55. The Kier molecular flexibility index (Phi) is 3.87. The molecule has 2 aromatic rings. The van der Waals surface area contributed by atoms with Gasteiger partial charge in [0.05, 0.1) is 12.5 Å². The Morgan fingerprint density at radius 2 is 2.00 bits per heavy atom. The summed E-state index contributed by atoms with van der Waals surface area (Å²) in [5.41, 5.74) is 1.95. The molecule has 0 aliphatic carbocycles. The zero-order valence-electron chi connectivity index (χ0n) is 10.2. The molecule has 0 unspecified atom stereocenters. The molecule has 0 spiro atoms. The van der Waals surface area contributed by atoms with E-state index in [2.05, 4.69) is 16.0 Å². The average molecular weight is 238 g/mol. The molecular weight excluding hydrogens is 224 g/mol. The average Bonchev–Trinajstić information content (AvgIpc) is 2.40. The highest BCUT2D eigenvalue weighted by atomic mass is 15.2. The van der Waals surface area contributed by atoms with Crippen molar-refractivity contribution in [3.05, 3.63) is 48.4 Å². The first-order valence-corrected chi connectivity index (χ1v) is 5.79. The molecule has 0 N–H and O–H groups in total. The van der Waals surface area contributed by atoms with Crippen LogP contribution in [0.1, 0.15) is 12.1 Å². The second kappa shape index (κ2) is 5.78. The molecule has 0 aliphatic rings. The second-order valence-electron chi connectivity index (χ2n) is 3.91. The van der Waals surface area contributed by atoms with Crippen LogP contribution in [0.3, 0.4) is 0 Å². The largest absolute Gasteiger partial charge is 0.325 e. The Bertz CT molecular complexity index is 545. The highest BCUT2D eigenvalue weighted by Crippen LogP contribution is 2.23. The summed E-state index contributed by atoms with van der Waals surface area (Å²) in [6.07, 6.45) is 2.00. The zero-order valence-corrected chi connectivity index (χ0v) is 10.2. The lowest BCUT2D eigenvalue weighted by molar-refractivity contribution is 0.915. The third-order valence-electron chi connectivity index (χ3n) is 2.58. The first-order valence-electron chi connectivity index (χ1n) is 5.79. The van der Waals surface area contributed by atoms with Crippen LogP contribution in [0.25, 0.3) is 0 Å². The van der Waals surface area contributed by atoms with Gasteiger partial charge in [-0.25, -0.2) is 9.97 Å². The number of benzene rings is 1. The van der Waals surface area contributed by atoms with Gasteiger partial charge in [-0.1, -0.05) is 18.2 Å². The molecule has 0 saturated heterocycles. The Morgan fingerprint density at radius 3 is 2.67 bits per heavy atom. The Morgan fingerprint density at radius 1 is 1.22 bits per heavy atom. The van der Waals surface area contributed by atoms with Crippen molar-refractivity contribution in [1.29, 1.82) is 5.26 Å². The lowest BCUT2D eigenvalue weighted by Crippen LogP contribution is -2.19. The minimum atomic E-state index is 0.456. The minimum Gasteiger partial charge on any atom is -0.325 e. The van der Waals surface area contributed by atoms with Gasteiger partial charge < -0.3 is 4.90 Å². The monoisotopic (exact) mass is 238 g/mol. The standard InChI is InChI=1S/C14H14N4/c1-12-10-14(17-11-16-12)18(9-5-8-15)13-6-3-2-4-7-13/h2-4,6-7,10-11H,5,9H2,1H3. The van der Waals surface area contributed by atoms with Crippen LogP contribution in [-0.4, -0.2) is 16.5 Å². The number of hydrogen-bond donors (Lipinski definition) is 0. The Hall–Kier alpha value is -2.41. The number of nitriles is 1. The minimum absolute atomic E-state index is 0.456. The molecule has 1 aromatic heterocycles. The third-order valence-corrected chi connectivity index (χ3v) is 2.58. The molecule has 2 rings (SSSR count). The van der Waals surface area contributed by atoms with E-state index in [1.165, 1.54) is 0 Å². The van der Waals surface area contributed by atoms with Crippen molar-refractivity contribution in [3.8, 4) is 6.07 Å². The number of aromatic nitrogens is 2. The third kappa shape index (κ3) is 2.83. The predicted molar refractivity (Wildman–Crippen MR) is 70.4 cm³/mol. The molecular formula is C14H14N4. The lowest BCUT2D eigenvalue weighted by Gasteiger charge is -2.22. The normalized spacial score (nSPS) is 9.78. The second-order valence-corrected chi connectivity index (χ2v) is 3.91. The highest BCUT2D eigenvalue weighted by molar-refractivity contribution is 5.59. The molecule has 0 aliphatic heterocycles. The Balaban J connectivity index is 2.34. The fourth-order valence-corrected chi connectivity index (χ4v) is 1.73. The molecule has 0 amide bonds. The smallest absolute Gasteiger partial charge is 0.136 e. The summed E-state index contributed by atoms with van der Waals surface area (Å²) >= 11 is 0. The van der Waals surface area contributed by atoms with Crippen LogP contribution < -0.4 is 4.90 Å². The summed E-state index contributed by atoms with van der Waals surface area (Å²) in [5.74, 6) is 0.823. The molecule has 18 heavy (non-hydrogen) atoms. The van der Waals surface area contributed by atoms with Gasteiger partial charge in [-0.2, -0.15) is 5.26 Å². The number of hydrogen-bond acceptors (Lipinski definition) is 4. The van der Waals surface area contributed by atoms with Crippen molar-refractivity contribution >= 4 is 11.5 Å². The summed E-state index contributed by atoms with van der Waals surface area (Å²) in [7, 11) is 0. The quantitative estimate of drug-likeness (QED) is 0.821. The van der Waals surface area contributed by atoms with Crippen LogP contribution in [0.4, 0.5) is 11.5 Å². The highest BCUT2D eigenvalue weighted by Gasteiger charge is 2.10. The van der Waals surface area contributed by atoms with E-state index in [1.807, 2.05) is 48.2 Å². The van der Waals surface area contributed by atoms with Gasteiger partial charge in [0, 0.05) is 24.0 Å². The van der Waals surface area contributed by atoms with Crippen molar-refractivity contribution in [2.24, 2.45) is 0 Å². The van der Waals surface area contributed by atoms with E-state index < -0.39 is 0 Å². The van der Waals surface area contributed by atoms with Gasteiger partial charge in [0.1, 0.15) is 12.1 Å². The summed E-state index contributed by atoms with van der Waals surface area (Å²) in [4.78, 5) is 10.4.